The Hall–Kier alpha value is -4.73. The highest BCUT2D eigenvalue weighted by Crippen LogP contribution is 2.20. The third-order valence-electron chi connectivity index (χ3n) is 6.52. The molecule has 4 rings (SSSR count). The van der Waals surface area contributed by atoms with E-state index in [9.17, 15) is 24.3 Å². The molecule has 3 unspecified atom stereocenters. The number of nitrogens with one attached hydrogen (secondary N) is 2. The molecule has 10 nitrogen and oxygen atoms in total. The molecule has 0 bridgehead atoms. The lowest BCUT2D eigenvalue weighted by Crippen LogP contribution is -2.49. The van der Waals surface area contributed by atoms with E-state index in [2.05, 4.69) is 15.8 Å². The van der Waals surface area contributed by atoms with E-state index in [-0.39, 0.29) is 18.2 Å². The standard InChI is InChI=1S/C30H31N3O7/c1-18(2)28(32-29(37)21-13-12-19-8-6-7-9-20(19)14-21)24-15-26(40-33-24)30(38)31-23(16-27(35)36)25(34)17-39-22-10-4-3-5-11-22/h3-14,18,23,26,28H,15-17H2,1-2H3,(H,31,38)(H,32,37)(H,35,36). The van der Waals surface area contributed by atoms with Crippen LogP contribution >= 0.6 is 0 Å². The van der Waals surface area contributed by atoms with E-state index in [4.69, 9.17) is 9.57 Å². The van der Waals surface area contributed by atoms with E-state index in [1.807, 2.05) is 50.2 Å². The summed E-state index contributed by atoms with van der Waals surface area (Å²) in [5.41, 5.74) is 0.962. The lowest BCUT2D eigenvalue weighted by atomic mass is 9.95. The molecule has 208 valence electrons. The second-order valence-corrected chi connectivity index (χ2v) is 9.86. The fraction of sp³-hybridized carbons (Fsp3) is 0.300. The summed E-state index contributed by atoms with van der Waals surface area (Å²) in [6, 6.07) is 19.9. The van der Waals surface area contributed by atoms with Crippen molar-refractivity contribution in [3.05, 3.63) is 78.4 Å². The number of aliphatic carboxylic acids is 1. The van der Waals surface area contributed by atoms with Gasteiger partial charge < -0.3 is 25.3 Å². The van der Waals surface area contributed by atoms with Gasteiger partial charge in [0.15, 0.2) is 5.78 Å². The van der Waals surface area contributed by atoms with Gasteiger partial charge in [0.2, 0.25) is 6.10 Å². The summed E-state index contributed by atoms with van der Waals surface area (Å²) in [5.74, 6) is -2.43. The zero-order chi connectivity index (χ0) is 28.6. The molecule has 40 heavy (non-hydrogen) atoms. The third-order valence-corrected chi connectivity index (χ3v) is 6.52. The largest absolute Gasteiger partial charge is 0.486 e. The van der Waals surface area contributed by atoms with Crippen LogP contribution in [0.3, 0.4) is 0 Å². The van der Waals surface area contributed by atoms with Gasteiger partial charge in [-0.15, -0.1) is 0 Å². The zero-order valence-electron chi connectivity index (χ0n) is 22.2. The molecule has 10 heteroatoms. The number of nitrogens with zero attached hydrogens (tertiary/aromatic N) is 1. The van der Waals surface area contributed by atoms with E-state index in [0.717, 1.165) is 10.8 Å². The number of rotatable bonds is 12. The number of hydrogen-bond donors (Lipinski definition) is 3. The van der Waals surface area contributed by atoms with Gasteiger partial charge in [0.05, 0.1) is 18.2 Å². The van der Waals surface area contributed by atoms with E-state index < -0.39 is 48.9 Å². The van der Waals surface area contributed by atoms with Crippen LogP contribution in [0, 0.1) is 5.92 Å². The number of ketones is 1. The fourth-order valence-electron chi connectivity index (χ4n) is 4.37. The normalized spacial score (nSPS) is 16.0. The van der Waals surface area contributed by atoms with Gasteiger partial charge in [0.25, 0.3) is 11.8 Å². The molecule has 1 heterocycles. The topological polar surface area (TPSA) is 143 Å². The van der Waals surface area contributed by atoms with Crippen LogP contribution in [0.5, 0.6) is 5.75 Å². The Morgan fingerprint density at radius 1 is 0.975 bits per heavy atom. The molecule has 3 atom stereocenters. The van der Waals surface area contributed by atoms with Crippen LogP contribution < -0.4 is 15.4 Å². The average molecular weight is 546 g/mol. The van der Waals surface area contributed by atoms with Crippen molar-refractivity contribution in [2.24, 2.45) is 11.1 Å². The van der Waals surface area contributed by atoms with Crippen molar-refractivity contribution in [3.8, 4) is 5.75 Å². The average Bonchev–Trinajstić information content (AvgIpc) is 3.44. The van der Waals surface area contributed by atoms with Gasteiger partial charge in [-0.1, -0.05) is 67.5 Å². The van der Waals surface area contributed by atoms with Gasteiger partial charge in [-0.2, -0.15) is 0 Å². The zero-order valence-corrected chi connectivity index (χ0v) is 22.2. The van der Waals surface area contributed by atoms with Gasteiger partial charge in [-0.3, -0.25) is 19.2 Å². The van der Waals surface area contributed by atoms with Crippen LogP contribution in [-0.4, -0.2) is 59.2 Å². The quantitative estimate of drug-likeness (QED) is 0.317. The van der Waals surface area contributed by atoms with Crippen molar-refractivity contribution < 1.29 is 33.9 Å². The van der Waals surface area contributed by atoms with Crippen LogP contribution in [-0.2, 0) is 19.2 Å². The summed E-state index contributed by atoms with van der Waals surface area (Å²) >= 11 is 0. The van der Waals surface area contributed by atoms with Crippen LogP contribution in [0.1, 0.15) is 37.0 Å². The Morgan fingerprint density at radius 2 is 1.68 bits per heavy atom. The molecule has 3 aromatic carbocycles. The van der Waals surface area contributed by atoms with Crippen LogP contribution in [0.2, 0.25) is 0 Å². The number of benzene rings is 3. The first-order chi connectivity index (χ1) is 19.2. The van der Waals surface area contributed by atoms with Crippen molar-refractivity contribution in [2.45, 2.75) is 44.9 Å². The van der Waals surface area contributed by atoms with Crippen LogP contribution in [0.15, 0.2) is 78.0 Å². The molecule has 0 radical (unpaired) electrons. The Kier molecular flexibility index (Phi) is 9.11. The Balaban J connectivity index is 1.37. The Labute approximate surface area is 231 Å². The molecule has 2 amide bonds. The number of carboxylic acid groups (broad SMARTS) is 1. The van der Waals surface area contributed by atoms with Crippen molar-refractivity contribution in [2.75, 3.05) is 6.61 Å². The summed E-state index contributed by atoms with van der Waals surface area (Å²) in [4.78, 5) is 55.4. The second-order valence-electron chi connectivity index (χ2n) is 9.86. The lowest BCUT2D eigenvalue weighted by molar-refractivity contribution is -0.141. The van der Waals surface area contributed by atoms with E-state index in [1.165, 1.54) is 0 Å². The molecule has 3 aromatic rings. The molecule has 0 saturated carbocycles. The SMILES string of the molecule is CC(C)C(NC(=O)c1ccc2ccccc2c1)C1=NOC(C(=O)NC(CC(=O)O)C(=O)COc2ccccc2)C1. The first kappa shape index (κ1) is 28.3. The molecule has 0 saturated heterocycles. The minimum Gasteiger partial charge on any atom is -0.486 e. The van der Waals surface area contributed by atoms with E-state index in [0.29, 0.717) is 17.0 Å². The molecule has 1 aliphatic heterocycles. The molecule has 0 aliphatic carbocycles. The van der Waals surface area contributed by atoms with Crippen LogP contribution in [0.4, 0.5) is 0 Å². The third kappa shape index (κ3) is 7.22. The minimum atomic E-state index is -1.31. The number of Topliss-reactive ketones (excluding diaryl/α,β-unsaturated/α-hetero) is 1. The molecule has 3 N–H and O–H groups in total. The number of carbonyl (C=O) groups is 4. The van der Waals surface area contributed by atoms with Gasteiger partial charge in [0.1, 0.15) is 18.4 Å². The number of carbonyl (C=O) groups excluding carboxylic acids is 3. The minimum absolute atomic E-state index is 0.0648. The maximum atomic E-state index is 13.1. The monoisotopic (exact) mass is 545 g/mol. The number of ether oxygens (including phenoxy) is 1. The second kappa shape index (κ2) is 12.9. The van der Waals surface area contributed by atoms with Gasteiger partial charge in [0, 0.05) is 12.0 Å². The van der Waals surface area contributed by atoms with Crippen molar-refractivity contribution >= 4 is 40.1 Å². The summed E-state index contributed by atoms with van der Waals surface area (Å²) < 4.78 is 5.42. The number of amides is 2. The summed E-state index contributed by atoms with van der Waals surface area (Å²) in [6.07, 6.45) is -1.62. The molecular weight excluding hydrogens is 514 g/mol. The number of carboxylic acids is 1. The lowest BCUT2D eigenvalue weighted by Gasteiger charge is -2.22. The summed E-state index contributed by atoms with van der Waals surface area (Å²) in [7, 11) is 0. The van der Waals surface area contributed by atoms with Crippen LogP contribution in [0.25, 0.3) is 10.8 Å². The fourth-order valence-corrected chi connectivity index (χ4v) is 4.37. The molecule has 1 aliphatic rings. The van der Waals surface area contributed by atoms with Gasteiger partial charge >= 0.3 is 5.97 Å². The number of oxime groups is 1. The molecular formula is C30H31N3O7. The van der Waals surface area contributed by atoms with Crippen molar-refractivity contribution in [1.29, 1.82) is 0 Å². The molecule has 0 fully saturated rings. The smallest absolute Gasteiger partial charge is 0.305 e. The Morgan fingerprint density at radius 3 is 2.38 bits per heavy atom. The number of fused-ring (bicyclic) bond motifs is 1. The first-order valence-corrected chi connectivity index (χ1v) is 13.0. The predicted octanol–water partition coefficient (Wildman–Crippen LogP) is 3.35. The highest BCUT2D eigenvalue weighted by atomic mass is 16.6. The number of hydrogen-bond acceptors (Lipinski definition) is 7. The number of para-hydroxylation sites is 1. The highest BCUT2D eigenvalue weighted by Gasteiger charge is 2.36. The Bertz CT molecular complexity index is 1420. The maximum Gasteiger partial charge on any atom is 0.305 e. The van der Waals surface area contributed by atoms with Crippen molar-refractivity contribution in [1.82, 2.24) is 10.6 Å². The highest BCUT2D eigenvalue weighted by molar-refractivity contribution is 6.03. The molecule has 0 spiro atoms. The summed E-state index contributed by atoms with van der Waals surface area (Å²) in [6.45, 7) is 3.41. The summed E-state index contributed by atoms with van der Waals surface area (Å²) in [5, 5.41) is 20.7. The van der Waals surface area contributed by atoms with Crippen molar-refractivity contribution in [3.63, 3.8) is 0 Å². The van der Waals surface area contributed by atoms with E-state index in [1.54, 1.807) is 36.4 Å². The molecule has 0 aromatic heterocycles. The van der Waals surface area contributed by atoms with Gasteiger partial charge in [-0.05, 0) is 41.0 Å². The maximum absolute atomic E-state index is 13.1. The first-order valence-electron chi connectivity index (χ1n) is 13.0. The van der Waals surface area contributed by atoms with E-state index >= 15 is 0 Å². The predicted molar refractivity (Wildman–Crippen MR) is 148 cm³/mol. The van der Waals surface area contributed by atoms with Gasteiger partial charge in [-0.25, -0.2) is 0 Å².